The van der Waals surface area contributed by atoms with E-state index in [2.05, 4.69) is 5.32 Å². The third-order valence-corrected chi connectivity index (χ3v) is 2.74. The van der Waals surface area contributed by atoms with Crippen LogP contribution in [0.2, 0.25) is 0 Å². The van der Waals surface area contributed by atoms with E-state index in [-0.39, 0.29) is 11.8 Å². The predicted octanol–water partition coefficient (Wildman–Crippen LogP) is 3.46. The summed E-state index contributed by atoms with van der Waals surface area (Å²) in [6.07, 6.45) is 3.01. The summed E-state index contributed by atoms with van der Waals surface area (Å²) in [6, 6.07) is 2.96. The maximum absolute atomic E-state index is 13.2. The van der Waals surface area contributed by atoms with E-state index in [1.165, 1.54) is 6.07 Å². The van der Waals surface area contributed by atoms with Crippen LogP contribution in [0.3, 0.4) is 0 Å². The van der Waals surface area contributed by atoms with Crippen molar-refractivity contribution < 1.29 is 18.3 Å². The summed E-state index contributed by atoms with van der Waals surface area (Å²) in [5.41, 5.74) is -0.0746. The molecule has 0 spiro atoms. The molecule has 1 N–H and O–H groups in total. The standard InChI is InChI=1S/C12H13F2NO2/c13-8-5-6-11(10(14)7-8)15-12(16)17-9-3-1-2-4-9/h5-7,9H,1-4H2,(H,15,16). The van der Waals surface area contributed by atoms with Crippen molar-refractivity contribution in [2.75, 3.05) is 5.32 Å². The zero-order valence-corrected chi connectivity index (χ0v) is 9.21. The highest BCUT2D eigenvalue weighted by Crippen LogP contribution is 2.22. The minimum Gasteiger partial charge on any atom is -0.446 e. The summed E-state index contributed by atoms with van der Waals surface area (Å²) in [5, 5.41) is 2.26. The summed E-state index contributed by atoms with van der Waals surface area (Å²) in [5.74, 6) is -1.49. The first-order valence-electron chi connectivity index (χ1n) is 5.58. The lowest BCUT2D eigenvalue weighted by atomic mass is 10.3. The molecule has 5 heteroatoms. The number of carbonyl (C=O) groups is 1. The Morgan fingerprint density at radius 2 is 2.00 bits per heavy atom. The Morgan fingerprint density at radius 3 is 2.65 bits per heavy atom. The highest BCUT2D eigenvalue weighted by molar-refractivity contribution is 5.84. The molecular weight excluding hydrogens is 228 g/mol. The maximum atomic E-state index is 13.2. The van der Waals surface area contributed by atoms with Crippen LogP contribution in [-0.2, 0) is 4.74 Å². The van der Waals surface area contributed by atoms with Crippen LogP contribution in [0, 0.1) is 11.6 Å². The average molecular weight is 241 g/mol. The molecule has 0 aliphatic heterocycles. The van der Waals surface area contributed by atoms with Crippen LogP contribution in [0.1, 0.15) is 25.7 Å². The molecule has 92 valence electrons. The van der Waals surface area contributed by atoms with Crippen molar-refractivity contribution in [3.63, 3.8) is 0 Å². The van der Waals surface area contributed by atoms with Crippen molar-refractivity contribution in [3.05, 3.63) is 29.8 Å². The number of halogens is 2. The molecule has 0 bridgehead atoms. The van der Waals surface area contributed by atoms with Crippen LogP contribution in [0.5, 0.6) is 0 Å². The minimum absolute atomic E-state index is 0.0746. The van der Waals surface area contributed by atoms with Crippen molar-refractivity contribution in [3.8, 4) is 0 Å². The first-order valence-corrected chi connectivity index (χ1v) is 5.58. The molecule has 0 saturated heterocycles. The van der Waals surface area contributed by atoms with Gasteiger partial charge in [-0.05, 0) is 37.8 Å². The number of hydrogen-bond donors (Lipinski definition) is 1. The number of nitrogens with one attached hydrogen (secondary N) is 1. The highest BCUT2D eigenvalue weighted by Gasteiger charge is 2.19. The van der Waals surface area contributed by atoms with Crippen molar-refractivity contribution >= 4 is 11.8 Å². The Balaban J connectivity index is 1.93. The fourth-order valence-electron chi connectivity index (χ4n) is 1.89. The van der Waals surface area contributed by atoms with E-state index >= 15 is 0 Å². The van der Waals surface area contributed by atoms with Gasteiger partial charge < -0.3 is 4.74 Å². The van der Waals surface area contributed by atoms with Crippen molar-refractivity contribution in [1.29, 1.82) is 0 Å². The van der Waals surface area contributed by atoms with Crippen LogP contribution in [-0.4, -0.2) is 12.2 Å². The van der Waals surface area contributed by atoms with Crippen LogP contribution in [0.15, 0.2) is 18.2 Å². The molecule has 0 radical (unpaired) electrons. The van der Waals surface area contributed by atoms with Gasteiger partial charge in [0, 0.05) is 6.07 Å². The molecule has 1 aliphatic carbocycles. The van der Waals surface area contributed by atoms with E-state index in [0.29, 0.717) is 6.07 Å². The topological polar surface area (TPSA) is 38.3 Å². The van der Waals surface area contributed by atoms with E-state index in [4.69, 9.17) is 4.74 Å². The molecule has 2 rings (SSSR count). The Bertz CT molecular complexity index is 417. The van der Waals surface area contributed by atoms with E-state index in [0.717, 1.165) is 31.7 Å². The second kappa shape index (κ2) is 5.12. The predicted molar refractivity (Wildman–Crippen MR) is 58.7 cm³/mol. The summed E-state index contributed by atoms with van der Waals surface area (Å²) in [7, 11) is 0. The Morgan fingerprint density at radius 1 is 1.29 bits per heavy atom. The molecule has 0 heterocycles. The van der Waals surface area contributed by atoms with Gasteiger partial charge in [-0.25, -0.2) is 13.6 Å². The third kappa shape index (κ3) is 3.15. The lowest BCUT2D eigenvalue weighted by Crippen LogP contribution is -2.20. The van der Waals surface area contributed by atoms with Crippen LogP contribution in [0.25, 0.3) is 0 Å². The Hall–Kier alpha value is -1.65. The molecule has 0 atom stereocenters. The van der Waals surface area contributed by atoms with E-state index in [1.54, 1.807) is 0 Å². The lowest BCUT2D eigenvalue weighted by Gasteiger charge is -2.12. The summed E-state index contributed by atoms with van der Waals surface area (Å²) in [6.45, 7) is 0. The molecule has 17 heavy (non-hydrogen) atoms. The molecule has 1 aliphatic rings. The maximum Gasteiger partial charge on any atom is 0.411 e. The van der Waals surface area contributed by atoms with Gasteiger partial charge in [0.1, 0.15) is 17.7 Å². The first-order chi connectivity index (χ1) is 8.15. The molecule has 1 aromatic rings. The number of benzene rings is 1. The van der Waals surface area contributed by atoms with Gasteiger partial charge in [0.25, 0.3) is 0 Å². The van der Waals surface area contributed by atoms with Gasteiger partial charge in [0.2, 0.25) is 0 Å². The van der Waals surface area contributed by atoms with Crippen molar-refractivity contribution in [2.24, 2.45) is 0 Å². The summed E-state index contributed by atoms with van der Waals surface area (Å²) < 4.78 is 30.9. The number of hydrogen-bond acceptors (Lipinski definition) is 2. The molecule has 0 unspecified atom stereocenters. The largest absolute Gasteiger partial charge is 0.446 e. The number of anilines is 1. The van der Waals surface area contributed by atoms with Gasteiger partial charge in [0.15, 0.2) is 0 Å². The van der Waals surface area contributed by atoms with E-state index in [9.17, 15) is 13.6 Å². The highest BCUT2D eigenvalue weighted by atomic mass is 19.1. The van der Waals surface area contributed by atoms with E-state index in [1.807, 2.05) is 0 Å². The van der Waals surface area contributed by atoms with Gasteiger partial charge in [-0.2, -0.15) is 0 Å². The third-order valence-electron chi connectivity index (χ3n) is 2.74. The molecule has 1 saturated carbocycles. The van der Waals surface area contributed by atoms with Gasteiger partial charge >= 0.3 is 6.09 Å². The van der Waals surface area contributed by atoms with Crippen molar-refractivity contribution in [2.45, 2.75) is 31.8 Å². The molecule has 1 aromatic carbocycles. The van der Waals surface area contributed by atoms with Gasteiger partial charge in [-0.1, -0.05) is 0 Å². The van der Waals surface area contributed by atoms with Crippen LogP contribution >= 0.6 is 0 Å². The zero-order valence-electron chi connectivity index (χ0n) is 9.21. The van der Waals surface area contributed by atoms with E-state index < -0.39 is 17.7 Å². The van der Waals surface area contributed by atoms with Gasteiger partial charge in [0.05, 0.1) is 5.69 Å². The zero-order chi connectivity index (χ0) is 12.3. The normalized spacial score (nSPS) is 15.9. The average Bonchev–Trinajstić information content (AvgIpc) is 2.75. The molecule has 1 fully saturated rings. The smallest absolute Gasteiger partial charge is 0.411 e. The van der Waals surface area contributed by atoms with Crippen LogP contribution < -0.4 is 5.32 Å². The Kier molecular flexibility index (Phi) is 3.56. The molecular formula is C12H13F2NO2. The minimum atomic E-state index is -0.812. The quantitative estimate of drug-likeness (QED) is 0.861. The fourth-order valence-corrected chi connectivity index (χ4v) is 1.89. The van der Waals surface area contributed by atoms with Crippen LogP contribution in [0.4, 0.5) is 19.3 Å². The number of carbonyl (C=O) groups excluding carboxylic acids is 1. The summed E-state index contributed by atoms with van der Waals surface area (Å²) in [4.78, 5) is 11.4. The lowest BCUT2D eigenvalue weighted by molar-refractivity contribution is 0.114. The van der Waals surface area contributed by atoms with Gasteiger partial charge in [-0.15, -0.1) is 0 Å². The first kappa shape index (κ1) is 11.8. The Labute approximate surface area is 97.8 Å². The number of ether oxygens (including phenoxy) is 1. The van der Waals surface area contributed by atoms with Gasteiger partial charge in [-0.3, -0.25) is 5.32 Å². The fraction of sp³-hybridized carbons (Fsp3) is 0.417. The second-order valence-corrected chi connectivity index (χ2v) is 4.06. The summed E-state index contributed by atoms with van der Waals surface area (Å²) >= 11 is 0. The number of rotatable bonds is 2. The molecule has 0 aromatic heterocycles. The second-order valence-electron chi connectivity index (χ2n) is 4.06. The SMILES string of the molecule is O=C(Nc1ccc(F)cc1F)OC1CCCC1. The molecule has 1 amide bonds. The number of amides is 1. The van der Waals surface area contributed by atoms with Crippen molar-refractivity contribution in [1.82, 2.24) is 0 Å². The monoisotopic (exact) mass is 241 g/mol. The molecule has 3 nitrogen and oxygen atoms in total.